The van der Waals surface area contributed by atoms with E-state index >= 15 is 0 Å². The van der Waals surface area contributed by atoms with Crippen molar-refractivity contribution in [3.05, 3.63) is 29.0 Å². The summed E-state index contributed by atoms with van der Waals surface area (Å²) in [6.07, 6.45) is 2.15. The fourth-order valence-corrected chi connectivity index (χ4v) is 0.569. The molecule has 0 N–H and O–H groups in total. The van der Waals surface area contributed by atoms with Crippen LogP contribution in [0.5, 0.6) is 0 Å². The molecule has 0 aromatic carbocycles. The molecule has 0 unspecified atom stereocenters. The monoisotopic (exact) mass is 171 g/mol. The van der Waals surface area contributed by atoms with Crippen LogP contribution < -0.4 is 0 Å². The molecule has 0 amide bonds. The maximum atomic E-state index is 10.0. The molecule has 1 aromatic rings. The number of hydrogen-bond acceptors (Lipinski definition) is 2. The van der Waals surface area contributed by atoms with Gasteiger partial charge in [0.05, 0.1) is 0 Å². The summed E-state index contributed by atoms with van der Waals surface area (Å²) in [6.45, 7) is 4.00. The molecule has 1 rings (SSSR count). The molecule has 0 aliphatic carbocycles. The molecule has 0 atom stereocenters. The molecule has 0 fully saturated rings. The summed E-state index contributed by atoms with van der Waals surface area (Å²) in [6, 6.07) is 3.19. The molecule has 2 nitrogen and oxygen atoms in total. The van der Waals surface area contributed by atoms with Crippen LogP contribution in [0.4, 0.5) is 0 Å². The van der Waals surface area contributed by atoms with Crippen molar-refractivity contribution in [3.8, 4) is 0 Å². The quantitative estimate of drug-likeness (QED) is 0.480. The maximum Gasteiger partial charge on any atom is 0.151 e. The van der Waals surface area contributed by atoms with Crippen molar-refractivity contribution >= 4 is 17.9 Å². The zero-order valence-corrected chi connectivity index (χ0v) is 7.30. The van der Waals surface area contributed by atoms with E-state index in [1.807, 2.05) is 13.8 Å². The summed E-state index contributed by atoms with van der Waals surface area (Å²) < 4.78 is 0. The molecule has 3 heteroatoms. The molecular weight excluding hydrogens is 162 g/mol. The van der Waals surface area contributed by atoms with Crippen molar-refractivity contribution in [1.82, 2.24) is 4.98 Å². The third kappa shape index (κ3) is 3.73. The van der Waals surface area contributed by atoms with E-state index in [1.54, 1.807) is 12.1 Å². The summed E-state index contributed by atoms with van der Waals surface area (Å²) in [5.41, 5.74) is 0.541. The van der Waals surface area contributed by atoms with Crippen molar-refractivity contribution in [1.29, 1.82) is 0 Å². The molecule has 0 aliphatic heterocycles. The number of nitrogens with zero attached hydrogens (tertiary/aromatic N) is 1. The van der Waals surface area contributed by atoms with Gasteiger partial charge in [-0.3, -0.25) is 4.79 Å². The van der Waals surface area contributed by atoms with Gasteiger partial charge in [0.15, 0.2) is 6.29 Å². The molecule has 0 radical (unpaired) electrons. The summed E-state index contributed by atoms with van der Waals surface area (Å²) in [7, 11) is 0. The highest BCUT2D eigenvalue weighted by Crippen LogP contribution is 2.02. The maximum absolute atomic E-state index is 10.0. The highest BCUT2D eigenvalue weighted by molar-refractivity contribution is 6.29. The first-order valence-corrected chi connectivity index (χ1v) is 3.77. The molecule has 11 heavy (non-hydrogen) atoms. The van der Waals surface area contributed by atoms with Gasteiger partial charge >= 0.3 is 0 Å². The van der Waals surface area contributed by atoms with Gasteiger partial charge in [0.1, 0.15) is 5.15 Å². The number of aldehydes is 1. The van der Waals surface area contributed by atoms with Gasteiger partial charge < -0.3 is 0 Å². The fourth-order valence-electron chi connectivity index (χ4n) is 0.457. The summed E-state index contributed by atoms with van der Waals surface area (Å²) in [5, 5.41) is 0.403. The zero-order valence-electron chi connectivity index (χ0n) is 6.54. The SMILES string of the molecule is CC.O=Cc1ccc(Cl)nc1. The van der Waals surface area contributed by atoms with E-state index in [2.05, 4.69) is 4.98 Å². The van der Waals surface area contributed by atoms with Crippen LogP contribution >= 0.6 is 11.6 Å². The van der Waals surface area contributed by atoms with E-state index in [0.717, 1.165) is 6.29 Å². The number of rotatable bonds is 1. The average Bonchev–Trinajstić information content (AvgIpc) is 2.10. The highest BCUT2D eigenvalue weighted by atomic mass is 35.5. The van der Waals surface area contributed by atoms with Crippen LogP contribution in [-0.4, -0.2) is 11.3 Å². The van der Waals surface area contributed by atoms with Gasteiger partial charge in [0.25, 0.3) is 0 Å². The smallest absolute Gasteiger partial charge is 0.151 e. The first kappa shape index (κ1) is 10.1. The highest BCUT2D eigenvalue weighted by Gasteiger charge is 1.88. The van der Waals surface area contributed by atoms with Crippen LogP contribution in [0.25, 0.3) is 0 Å². The Bertz CT molecular complexity index is 208. The van der Waals surface area contributed by atoms with E-state index in [9.17, 15) is 4.79 Å². The molecule has 0 saturated carbocycles. The van der Waals surface area contributed by atoms with Gasteiger partial charge in [-0.2, -0.15) is 0 Å². The first-order valence-electron chi connectivity index (χ1n) is 3.39. The Balaban J connectivity index is 0.000000461. The second kappa shape index (κ2) is 5.86. The molecular formula is C8H10ClNO. The average molecular weight is 172 g/mol. The Morgan fingerprint density at radius 2 is 2.09 bits per heavy atom. The molecule has 60 valence electrons. The number of carbonyl (C=O) groups excluding carboxylic acids is 1. The normalized spacial score (nSPS) is 7.91. The van der Waals surface area contributed by atoms with Crippen LogP contribution in [0.15, 0.2) is 18.3 Å². The van der Waals surface area contributed by atoms with Gasteiger partial charge in [-0.05, 0) is 12.1 Å². The lowest BCUT2D eigenvalue weighted by molar-refractivity contribution is 0.112. The second-order valence-corrected chi connectivity index (χ2v) is 1.92. The lowest BCUT2D eigenvalue weighted by Crippen LogP contribution is -1.79. The van der Waals surface area contributed by atoms with Crippen molar-refractivity contribution in [3.63, 3.8) is 0 Å². The van der Waals surface area contributed by atoms with Crippen LogP contribution in [-0.2, 0) is 0 Å². The largest absolute Gasteiger partial charge is 0.298 e. The molecule has 1 aromatic heterocycles. The van der Waals surface area contributed by atoms with Crippen molar-refractivity contribution in [2.45, 2.75) is 13.8 Å². The van der Waals surface area contributed by atoms with Gasteiger partial charge in [-0.25, -0.2) is 4.98 Å². The molecule has 0 saturated heterocycles. The van der Waals surface area contributed by atoms with E-state index < -0.39 is 0 Å². The molecule has 0 spiro atoms. The summed E-state index contributed by atoms with van der Waals surface area (Å²) in [4.78, 5) is 13.7. The summed E-state index contributed by atoms with van der Waals surface area (Å²) in [5.74, 6) is 0. The van der Waals surface area contributed by atoms with E-state index in [0.29, 0.717) is 10.7 Å². The van der Waals surface area contributed by atoms with E-state index in [1.165, 1.54) is 6.20 Å². The van der Waals surface area contributed by atoms with E-state index in [-0.39, 0.29) is 0 Å². The molecule has 1 heterocycles. The standard InChI is InChI=1S/C6H4ClNO.C2H6/c7-6-2-1-5(4-9)3-8-6;1-2/h1-4H;1-2H3. The number of hydrogen-bond donors (Lipinski definition) is 0. The van der Waals surface area contributed by atoms with E-state index in [4.69, 9.17) is 11.6 Å². The minimum absolute atomic E-state index is 0.403. The lowest BCUT2D eigenvalue weighted by atomic mass is 10.3. The molecule has 0 bridgehead atoms. The fraction of sp³-hybridized carbons (Fsp3) is 0.250. The lowest BCUT2D eigenvalue weighted by Gasteiger charge is -1.86. The van der Waals surface area contributed by atoms with Gasteiger partial charge in [-0.1, -0.05) is 25.4 Å². The minimum atomic E-state index is 0.403. The molecule has 0 aliphatic rings. The Morgan fingerprint density at radius 3 is 2.45 bits per heavy atom. The minimum Gasteiger partial charge on any atom is -0.298 e. The Kier molecular flexibility index (Phi) is 5.39. The Hall–Kier alpha value is -0.890. The van der Waals surface area contributed by atoms with Crippen LogP contribution in [0.2, 0.25) is 5.15 Å². The van der Waals surface area contributed by atoms with Crippen molar-refractivity contribution in [2.24, 2.45) is 0 Å². The van der Waals surface area contributed by atoms with Crippen molar-refractivity contribution < 1.29 is 4.79 Å². The number of halogens is 1. The van der Waals surface area contributed by atoms with Crippen LogP contribution in [0, 0.1) is 0 Å². The third-order valence-electron chi connectivity index (χ3n) is 0.886. The van der Waals surface area contributed by atoms with Gasteiger partial charge in [0.2, 0.25) is 0 Å². The Morgan fingerprint density at radius 1 is 1.45 bits per heavy atom. The van der Waals surface area contributed by atoms with Gasteiger partial charge in [-0.15, -0.1) is 0 Å². The predicted molar refractivity (Wildman–Crippen MR) is 46.0 cm³/mol. The number of carbonyl (C=O) groups is 1. The topological polar surface area (TPSA) is 30.0 Å². The number of pyridine rings is 1. The van der Waals surface area contributed by atoms with Gasteiger partial charge in [0, 0.05) is 11.8 Å². The van der Waals surface area contributed by atoms with Crippen LogP contribution in [0.1, 0.15) is 24.2 Å². The second-order valence-electron chi connectivity index (χ2n) is 1.53. The third-order valence-corrected chi connectivity index (χ3v) is 1.11. The Labute approximate surface area is 71.2 Å². The first-order chi connectivity index (χ1) is 5.33. The zero-order chi connectivity index (χ0) is 8.69. The number of aromatic nitrogens is 1. The van der Waals surface area contributed by atoms with Crippen LogP contribution in [0.3, 0.4) is 0 Å². The van der Waals surface area contributed by atoms with Crippen molar-refractivity contribution in [2.75, 3.05) is 0 Å². The predicted octanol–water partition coefficient (Wildman–Crippen LogP) is 2.57. The summed E-state index contributed by atoms with van der Waals surface area (Å²) >= 11 is 5.44.